The van der Waals surface area contributed by atoms with Crippen LogP contribution in [0, 0.1) is 0 Å². The Balaban J connectivity index is 2.38. The minimum atomic E-state index is -0.477. The van der Waals surface area contributed by atoms with E-state index in [-0.39, 0.29) is 0 Å². The second-order valence-electron chi connectivity index (χ2n) is 6.97. The van der Waals surface area contributed by atoms with E-state index >= 15 is 0 Å². The molecule has 6 heteroatoms. The summed E-state index contributed by atoms with van der Waals surface area (Å²) in [6.07, 6.45) is 3.12. The van der Waals surface area contributed by atoms with Gasteiger partial charge in [-0.05, 0) is 64.1 Å². The van der Waals surface area contributed by atoms with Crippen LogP contribution in [0.2, 0.25) is 10.0 Å². The van der Waals surface area contributed by atoms with Gasteiger partial charge in [-0.15, -0.1) is 0 Å². The van der Waals surface area contributed by atoms with Crippen molar-refractivity contribution >= 4 is 35.1 Å². The fraction of sp³-hybridized carbons (Fsp3) is 0.217. The van der Waals surface area contributed by atoms with Gasteiger partial charge in [0.1, 0.15) is 11.5 Å². The molecule has 0 atom stereocenters. The molecule has 0 amide bonds. The largest absolute Gasteiger partial charge is 0.423 e. The fourth-order valence-electron chi connectivity index (χ4n) is 2.52. The van der Waals surface area contributed by atoms with Crippen molar-refractivity contribution < 1.29 is 19.1 Å². The van der Waals surface area contributed by atoms with Gasteiger partial charge in [0.15, 0.2) is 0 Å². The average molecular weight is 433 g/mol. The van der Waals surface area contributed by atoms with E-state index in [4.69, 9.17) is 32.7 Å². The number of hydrogen-bond acceptors (Lipinski definition) is 4. The summed E-state index contributed by atoms with van der Waals surface area (Å²) < 4.78 is 10.9. The highest BCUT2D eigenvalue weighted by Crippen LogP contribution is 2.31. The minimum absolute atomic E-state index is 0.302. The van der Waals surface area contributed by atoms with Crippen molar-refractivity contribution in [1.82, 2.24) is 0 Å². The molecule has 0 radical (unpaired) electrons. The van der Waals surface area contributed by atoms with Gasteiger partial charge < -0.3 is 9.47 Å². The first-order chi connectivity index (χ1) is 13.6. The number of hydrogen-bond donors (Lipinski definition) is 0. The molecule has 2 rings (SSSR count). The van der Waals surface area contributed by atoms with E-state index in [1.165, 1.54) is 12.2 Å². The quantitative estimate of drug-likeness (QED) is 0.304. The highest BCUT2D eigenvalue weighted by Gasteiger charge is 2.14. The molecule has 0 unspecified atom stereocenters. The zero-order valence-electron chi connectivity index (χ0n) is 16.7. The van der Waals surface area contributed by atoms with Gasteiger partial charge in [-0.2, -0.15) is 0 Å². The Morgan fingerprint density at radius 3 is 1.48 bits per heavy atom. The Hall–Kier alpha value is -2.56. The van der Waals surface area contributed by atoms with Crippen LogP contribution in [-0.4, -0.2) is 11.9 Å². The normalized spacial score (nSPS) is 10.1. The molecule has 0 aliphatic rings. The predicted molar refractivity (Wildman–Crippen MR) is 116 cm³/mol. The molecule has 4 nitrogen and oxygen atoms in total. The molecule has 0 aliphatic carbocycles. The van der Waals surface area contributed by atoms with Gasteiger partial charge in [0, 0.05) is 39.7 Å². The van der Waals surface area contributed by atoms with Gasteiger partial charge >= 0.3 is 11.9 Å². The molecule has 0 saturated heterocycles. The Morgan fingerprint density at radius 2 is 1.14 bits per heavy atom. The number of halogens is 2. The van der Waals surface area contributed by atoms with Crippen molar-refractivity contribution in [2.75, 3.05) is 0 Å². The lowest BCUT2D eigenvalue weighted by atomic mass is 10.0. The van der Waals surface area contributed by atoms with Crippen LogP contribution in [0.4, 0.5) is 0 Å². The molecular weight excluding hydrogens is 411 g/mol. The summed E-state index contributed by atoms with van der Waals surface area (Å²) in [5.41, 5.74) is 2.98. The molecule has 0 spiro atoms. The Kier molecular flexibility index (Phi) is 8.06. The van der Waals surface area contributed by atoms with Crippen LogP contribution in [0.25, 0.3) is 0 Å². The zero-order chi connectivity index (χ0) is 21.6. The van der Waals surface area contributed by atoms with Gasteiger partial charge in [0.25, 0.3) is 0 Å². The molecule has 0 N–H and O–H groups in total. The minimum Gasteiger partial charge on any atom is -0.423 e. The van der Waals surface area contributed by atoms with Crippen molar-refractivity contribution in [2.45, 2.75) is 34.1 Å². The Bertz CT molecular complexity index is 903. The van der Waals surface area contributed by atoms with Crippen LogP contribution in [0.15, 0.2) is 59.7 Å². The standard InChI is InChI=1S/C23H22Cl2O4/c1-14(2)9-22(26)28-20-7-5-18(24)12-16(20)11-17-13-19(25)6-8-21(17)29-23(27)10-15(3)4/h5-10,12-13H,11H2,1-4H3. The number of benzene rings is 2. The van der Waals surface area contributed by atoms with Crippen LogP contribution >= 0.6 is 23.2 Å². The lowest BCUT2D eigenvalue weighted by Crippen LogP contribution is -2.09. The summed E-state index contributed by atoms with van der Waals surface area (Å²) >= 11 is 12.3. The second kappa shape index (κ2) is 10.3. The van der Waals surface area contributed by atoms with Crippen molar-refractivity contribution in [3.8, 4) is 11.5 Å². The molecule has 29 heavy (non-hydrogen) atoms. The van der Waals surface area contributed by atoms with E-state index in [1.807, 2.05) is 27.7 Å². The van der Waals surface area contributed by atoms with Crippen molar-refractivity contribution in [2.24, 2.45) is 0 Å². The third-order valence-electron chi connectivity index (χ3n) is 3.66. The highest BCUT2D eigenvalue weighted by molar-refractivity contribution is 6.31. The average Bonchev–Trinajstić information content (AvgIpc) is 2.58. The maximum absolute atomic E-state index is 12.1. The van der Waals surface area contributed by atoms with E-state index in [1.54, 1.807) is 36.4 Å². The number of ether oxygens (including phenoxy) is 2. The first-order valence-electron chi connectivity index (χ1n) is 8.94. The number of carbonyl (C=O) groups excluding carboxylic acids is 2. The maximum atomic E-state index is 12.1. The number of esters is 2. The summed E-state index contributed by atoms with van der Waals surface area (Å²) in [5.74, 6) is -0.207. The lowest BCUT2D eigenvalue weighted by Gasteiger charge is -2.13. The maximum Gasteiger partial charge on any atom is 0.336 e. The number of rotatable bonds is 6. The molecular formula is C23H22Cl2O4. The van der Waals surface area contributed by atoms with Gasteiger partial charge in [-0.1, -0.05) is 34.3 Å². The summed E-state index contributed by atoms with van der Waals surface area (Å²) in [6, 6.07) is 9.96. The molecule has 2 aromatic rings. The molecule has 0 saturated carbocycles. The van der Waals surface area contributed by atoms with E-state index < -0.39 is 11.9 Å². The van der Waals surface area contributed by atoms with Crippen LogP contribution in [0.1, 0.15) is 38.8 Å². The highest BCUT2D eigenvalue weighted by atomic mass is 35.5. The third kappa shape index (κ3) is 7.41. The molecule has 0 aromatic heterocycles. The molecule has 0 heterocycles. The Labute approximate surface area is 180 Å². The van der Waals surface area contributed by atoms with E-state index in [2.05, 4.69) is 0 Å². The molecule has 152 valence electrons. The fourth-order valence-corrected chi connectivity index (χ4v) is 2.91. The molecule has 0 aliphatic heterocycles. The predicted octanol–water partition coefficient (Wildman–Crippen LogP) is 6.33. The Morgan fingerprint density at radius 1 is 0.759 bits per heavy atom. The van der Waals surface area contributed by atoms with Crippen LogP contribution in [0.3, 0.4) is 0 Å². The molecule has 0 fully saturated rings. The van der Waals surface area contributed by atoms with Crippen molar-refractivity contribution in [3.63, 3.8) is 0 Å². The number of carbonyl (C=O) groups is 2. The monoisotopic (exact) mass is 432 g/mol. The van der Waals surface area contributed by atoms with E-state index in [0.717, 1.165) is 11.1 Å². The lowest BCUT2D eigenvalue weighted by molar-refractivity contribution is -0.129. The first-order valence-corrected chi connectivity index (χ1v) is 9.70. The number of allylic oxidation sites excluding steroid dienone is 2. The van der Waals surface area contributed by atoms with Gasteiger partial charge in [0.2, 0.25) is 0 Å². The van der Waals surface area contributed by atoms with Gasteiger partial charge in [-0.25, -0.2) is 9.59 Å². The van der Waals surface area contributed by atoms with Gasteiger partial charge in [0.05, 0.1) is 0 Å². The third-order valence-corrected chi connectivity index (χ3v) is 4.13. The zero-order valence-corrected chi connectivity index (χ0v) is 18.2. The van der Waals surface area contributed by atoms with E-state index in [0.29, 0.717) is 39.1 Å². The van der Waals surface area contributed by atoms with E-state index in [9.17, 15) is 9.59 Å². The van der Waals surface area contributed by atoms with Gasteiger partial charge in [-0.3, -0.25) is 0 Å². The van der Waals surface area contributed by atoms with Crippen LogP contribution in [-0.2, 0) is 16.0 Å². The summed E-state index contributed by atoms with van der Waals surface area (Å²) in [5, 5.41) is 0.985. The van der Waals surface area contributed by atoms with Crippen LogP contribution < -0.4 is 9.47 Å². The van der Waals surface area contributed by atoms with Crippen molar-refractivity contribution in [3.05, 3.63) is 80.9 Å². The molecule has 2 aromatic carbocycles. The van der Waals surface area contributed by atoms with Crippen molar-refractivity contribution in [1.29, 1.82) is 0 Å². The summed E-state index contributed by atoms with van der Waals surface area (Å²) in [4.78, 5) is 24.1. The molecule has 0 bridgehead atoms. The summed E-state index contributed by atoms with van der Waals surface area (Å²) in [6.45, 7) is 7.23. The smallest absolute Gasteiger partial charge is 0.336 e. The second-order valence-corrected chi connectivity index (χ2v) is 7.84. The summed E-state index contributed by atoms with van der Waals surface area (Å²) in [7, 11) is 0. The topological polar surface area (TPSA) is 52.6 Å². The van der Waals surface area contributed by atoms with Crippen LogP contribution in [0.5, 0.6) is 11.5 Å². The SMILES string of the molecule is CC(C)=CC(=O)Oc1ccc(Cl)cc1Cc1cc(Cl)ccc1OC(=O)C=C(C)C. The first kappa shape index (κ1) is 22.7.